The normalized spacial score (nSPS) is 16.9. The van der Waals surface area contributed by atoms with Crippen LogP contribution < -0.4 is 4.90 Å². The first-order chi connectivity index (χ1) is 21.2. The molecule has 0 bridgehead atoms. The molecule has 3 aromatic carbocycles. The van der Waals surface area contributed by atoms with E-state index in [0.29, 0.717) is 53.5 Å². The van der Waals surface area contributed by atoms with E-state index in [1.54, 1.807) is 31.3 Å². The van der Waals surface area contributed by atoms with Crippen molar-refractivity contribution in [3.8, 4) is 17.0 Å². The summed E-state index contributed by atoms with van der Waals surface area (Å²) < 4.78 is 22.2. The lowest BCUT2D eigenvalue weighted by Crippen LogP contribution is -2.52. The number of fused-ring (bicyclic) bond motifs is 1. The van der Waals surface area contributed by atoms with Gasteiger partial charge in [-0.1, -0.05) is 24.3 Å². The number of benzene rings is 3. The van der Waals surface area contributed by atoms with E-state index in [1.807, 2.05) is 35.6 Å². The van der Waals surface area contributed by atoms with Gasteiger partial charge < -0.3 is 24.2 Å². The highest BCUT2D eigenvalue weighted by atomic mass is 19.1. The number of morpholine rings is 1. The lowest BCUT2D eigenvalue weighted by atomic mass is 9.92. The number of hydrogen-bond donors (Lipinski definition) is 1. The molecule has 9 heteroatoms. The van der Waals surface area contributed by atoms with Crippen molar-refractivity contribution >= 4 is 17.5 Å². The van der Waals surface area contributed by atoms with Gasteiger partial charge in [-0.3, -0.25) is 14.5 Å². The zero-order chi connectivity index (χ0) is 31.0. The maximum absolute atomic E-state index is 14.9. The van der Waals surface area contributed by atoms with Gasteiger partial charge in [0.15, 0.2) is 0 Å². The first kappa shape index (κ1) is 29.6. The summed E-state index contributed by atoms with van der Waals surface area (Å²) in [6.07, 6.45) is 0.737. The van der Waals surface area contributed by atoms with Crippen LogP contribution in [0.5, 0.6) is 5.75 Å². The van der Waals surface area contributed by atoms with Gasteiger partial charge >= 0.3 is 0 Å². The summed E-state index contributed by atoms with van der Waals surface area (Å²) in [4.78, 5) is 33.9. The van der Waals surface area contributed by atoms with Crippen LogP contribution in [-0.2, 0) is 24.8 Å². The molecular weight excluding hydrogens is 559 g/mol. The van der Waals surface area contributed by atoms with E-state index >= 15 is 0 Å². The third-order valence-corrected chi connectivity index (χ3v) is 8.98. The van der Waals surface area contributed by atoms with Gasteiger partial charge in [0, 0.05) is 74.5 Å². The van der Waals surface area contributed by atoms with Gasteiger partial charge in [0.25, 0.3) is 11.8 Å². The molecule has 2 aliphatic heterocycles. The molecule has 44 heavy (non-hydrogen) atoms. The summed E-state index contributed by atoms with van der Waals surface area (Å²) in [5.74, 6) is -0.767. The molecule has 0 radical (unpaired) electrons. The minimum atomic E-state index is -0.460. The Hall–Kier alpha value is -4.47. The summed E-state index contributed by atoms with van der Waals surface area (Å²) in [6.45, 7) is 6.02. The van der Waals surface area contributed by atoms with E-state index in [-0.39, 0.29) is 23.6 Å². The Balaban J connectivity index is 1.36. The fourth-order valence-corrected chi connectivity index (χ4v) is 6.29. The number of halogens is 1. The number of anilines is 1. The molecule has 2 amide bonds. The van der Waals surface area contributed by atoms with Crippen molar-refractivity contribution in [1.82, 2.24) is 14.4 Å². The van der Waals surface area contributed by atoms with Gasteiger partial charge in [0.05, 0.1) is 18.8 Å². The largest absolute Gasteiger partial charge is 0.508 e. The van der Waals surface area contributed by atoms with Gasteiger partial charge in [-0.15, -0.1) is 0 Å². The van der Waals surface area contributed by atoms with Crippen molar-refractivity contribution in [2.45, 2.75) is 25.9 Å². The van der Waals surface area contributed by atoms with E-state index in [0.717, 1.165) is 31.6 Å². The van der Waals surface area contributed by atoms with Crippen molar-refractivity contribution < 1.29 is 23.8 Å². The number of carbonyl (C=O) groups is 2. The number of hydrogen-bond acceptors (Lipinski definition) is 5. The molecular formula is C35H37FN4O4. The topological polar surface area (TPSA) is 78.2 Å². The number of phenolic OH excluding ortho intramolecular Hbond substituents is 1. The maximum atomic E-state index is 14.9. The van der Waals surface area contributed by atoms with Crippen LogP contribution in [0.2, 0.25) is 0 Å². The number of rotatable bonds is 6. The van der Waals surface area contributed by atoms with Crippen LogP contribution in [0.3, 0.4) is 0 Å². The molecule has 1 saturated heterocycles. The van der Waals surface area contributed by atoms with E-state index < -0.39 is 5.82 Å². The second kappa shape index (κ2) is 12.3. The maximum Gasteiger partial charge on any atom is 0.259 e. The molecule has 1 fully saturated rings. The second-order valence-electron chi connectivity index (χ2n) is 11.6. The molecule has 0 saturated carbocycles. The number of aromatic hydroxyl groups is 1. The van der Waals surface area contributed by atoms with Crippen LogP contribution in [0.25, 0.3) is 11.3 Å². The van der Waals surface area contributed by atoms with Crippen molar-refractivity contribution in [2.75, 3.05) is 44.8 Å². The van der Waals surface area contributed by atoms with E-state index in [1.165, 1.54) is 34.7 Å². The number of carbonyl (C=O) groups excluding carboxylic acids is 2. The van der Waals surface area contributed by atoms with Gasteiger partial charge in [0.1, 0.15) is 11.6 Å². The van der Waals surface area contributed by atoms with E-state index in [4.69, 9.17) is 4.74 Å². The zero-order valence-corrected chi connectivity index (χ0v) is 25.3. The molecule has 0 spiro atoms. The Morgan fingerprint density at radius 1 is 0.977 bits per heavy atom. The average Bonchev–Trinajstić information content (AvgIpc) is 3.34. The van der Waals surface area contributed by atoms with Crippen LogP contribution in [0.1, 0.15) is 37.5 Å². The van der Waals surface area contributed by atoms with Crippen LogP contribution in [0.4, 0.5) is 10.1 Å². The number of nitrogens with zero attached hydrogens (tertiary/aromatic N) is 4. The molecule has 0 aliphatic carbocycles. The van der Waals surface area contributed by atoms with Crippen LogP contribution in [0.15, 0.2) is 72.8 Å². The Kier molecular flexibility index (Phi) is 8.25. The number of phenols is 1. The van der Waals surface area contributed by atoms with Crippen LogP contribution >= 0.6 is 0 Å². The smallest absolute Gasteiger partial charge is 0.259 e. The Morgan fingerprint density at radius 3 is 2.41 bits per heavy atom. The molecule has 3 heterocycles. The fraction of sp³-hybridized carbons (Fsp3) is 0.314. The predicted octanol–water partition coefficient (Wildman–Crippen LogP) is 5.02. The highest BCUT2D eigenvalue weighted by molar-refractivity contribution is 6.08. The highest BCUT2D eigenvalue weighted by Gasteiger charge is 2.34. The highest BCUT2D eigenvalue weighted by Crippen LogP contribution is 2.33. The van der Waals surface area contributed by atoms with E-state index in [2.05, 4.69) is 17.0 Å². The fourth-order valence-electron chi connectivity index (χ4n) is 6.29. The lowest BCUT2D eigenvalue weighted by Gasteiger charge is -2.40. The summed E-state index contributed by atoms with van der Waals surface area (Å²) in [5, 5.41) is 9.66. The summed E-state index contributed by atoms with van der Waals surface area (Å²) >= 11 is 0. The summed E-state index contributed by atoms with van der Waals surface area (Å²) in [7, 11) is 3.49. The first-order valence-corrected chi connectivity index (χ1v) is 14.9. The van der Waals surface area contributed by atoms with Crippen LogP contribution in [-0.4, -0.2) is 77.2 Å². The standard InChI is InChI=1S/C35H37FN4O4/c1-23-31(34(42)38(3)27-9-11-29(41)12-10-27)20-33(37(23)2)32-19-26(36)8-13-30(32)35(43)40-21-25-7-5-4-6-24(25)18-28(40)22-39-14-16-44-17-15-39/h4-13,19-20,28,41H,14-18,21-22H2,1-3H3/t28-/m0/s1. The minimum Gasteiger partial charge on any atom is -0.508 e. The molecule has 6 rings (SSSR count). The minimum absolute atomic E-state index is 0.0559. The predicted molar refractivity (Wildman–Crippen MR) is 167 cm³/mol. The first-order valence-electron chi connectivity index (χ1n) is 14.9. The number of ether oxygens (including phenoxy) is 1. The number of amides is 2. The third kappa shape index (κ3) is 5.73. The van der Waals surface area contributed by atoms with Crippen molar-refractivity contribution in [3.63, 3.8) is 0 Å². The molecule has 1 N–H and O–H groups in total. The molecule has 1 atom stereocenters. The second-order valence-corrected chi connectivity index (χ2v) is 11.6. The lowest BCUT2D eigenvalue weighted by molar-refractivity contribution is 0.0193. The molecule has 0 unspecified atom stereocenters. The van der Waals surface area contributed by atoms with Crippen molar-refractivity contribution in [2.24, 2.45) is 7.05 Å². The third-order valence-electron chi connectivity index (χ3n) is 8.98. The summed E-state index contributed by atoms with van der Waals surface area (Å²) in [5.41, 5.74) is 5.52. The van der Waals surface area contributed by atoms with E-state index in [9.17, 15) is 19.1 Å². The molecule has 1 aromatic heterocycles. The SMILES string of the molecule is Cc1c(C(=O)N(C)c2ccc(O)cc2)cc(-c2cc(F)ccc2C(=O)N2Cc3ccccc3C[C@H]2CN2CCOCC2)n1C. The van der Waals surface area contributed by atoms with Crippen LogP contribution in [0, 0.1) is 12.7 Å². The molecule has 4 aromatic rings. The average molecular weight is 597 g/mol. The van der Waals surface area contributed by atoms with Crippen molar-refractivity contribution in [3.05, 3.63) is 107 Å². The summed E-state index contributed by atoms with van der Waals surface area (Å²) in [6, 6.07) is 20.6. The Morgan fingerprint density at radius 2 is 1.68 bits per heavy atom. The number of aromatic nitrogens is 1. The van der Waals surface area contributed by atoms with Crippen molar-refractivity contribution in [1.29, 1.82) is 0 Å². The monoisotopic (exact) mass is 596 g/mol. The zero-order valence-electron chi connectivity index (χ0n) is 25.3. The van der Waals surface area contributed by atoms with Gasteiger partial charge in [-0.2, -0.15) is 0 Å². The molecule has 228 valence electrons. The van der Waals surface area contributed by atoms with Gasteiger partial charge in [0.2, 0.25) is 0 Å². The molecule has 8 nitrogen and oxygen atoms in total. The Bertz CT molecular complexity index is 1690. The van der Waals surface area contributed by atoms with Gasteiger partial charge in [-0.25, -0.2) is 4.39 Å². The quantitative estimate of drug-likeness (QED) is 0.338. The Labute approximate surface area is 256 Å². The van der Waals surface area contributed by atoms with Gasteiger partial charge in [-0.05, 0) is 73.0 Å². The molecule has 2 aliphatic rings.